The second-order valence-corrected chi connectivity index (χ2v) is 8.17. The van der Waals surface area contributed by atoms with Crippen molar-refractivity contribution in [3.05, 3.63) is 118 Å². The second kappa shape index (κ2) is 11.1. The number of nitrogens with zero attached hydrogens (tertiary/aromatic N) is 3. The van der Waals surface area contributed by atoms with Gasteiger partial charge in [-0.05, 0) is 34.7 Å². The SMILES string of the molecule is CCCCc1nc(OCc2ccccc2)cc(=O)n1Cc1ccc(-c2ccccc2C#N)cc1. The van der Waals surface area contributed by atoms with Crippen molar-refractivity contribution in [1.82, 2.24) is 9.55 Å². The molecular weight excluding hydrogens is 422 g/mol. The van der Waals surface area contributed by atoms with Crippen molar-refractivity contribution in [3.8, 4) is 23.1 Å². The van der Waals surface area contributed by atoms with Crippen molar-refractivity contribution in [2.24, 2.45) is 0 Å². The summed E-state index contributed by atoms with van der Waals surface area (Å²) in [5, 5.41) is 9.38. The molecule has 5 nitrogen and oxygen atoms in total. The van der Waals surface area contributed by atoms with E-state index in [1.165, 1.54) is 6.07 Å². The maximum absolute atomic E-state index is 13.0. The quantitative estimate of drug-likeness (QED) is 0.326. The summed E-state index contributed by atoms with van der Waals surface area (Å²) >= 11 is 0. The van der Waals surface area contributed by atoms with Crippen LogP contribution < -0.4 is 10.3 Å². The fourth-order valence-electron chi connectivity index (χ4n) is 3.84. The predicted molar refractivity (Wildman–Crippen MR) is 134 cm³/mol. The number of nitriles is 1. The van der Waals surface area contributed by atoms with Crippen LogP contribution in [0.4, 0.5) is 0 Å². The molecule has 0 amide bonds. The Kier molecular flexibility index (Phi) is 7.52. The Bertz CT molecular complexity index is 1340. The maximum atomic E-state index is 13.0. The van der Waals surface area contributed by atoms with Crippen molar-refractivity contribution in [1.29, 1.82) is 5.26 Å². The molecule has 0 atom stereocenters. The Labute approximate surface area is 199 Å². The smallest absolute Gasteiger partial charge is 0.257 e. The Balaban J connectivity index is 1.56. The highest BCUT2D eigenvalue weighted by molar-refractivity contribution is 5.70. The summed E-state index contributed by atoms with van der Waals surface area (Å²) in [5.74, 6) is 1.09. The standard InChI is InChI=1S/C29H27N3O2/c1-2-3-13-27-31-28(34-21-23-9-5-4-6-10-23)18-29(33)32(27)20-22-14-16-24(17-15-22)26-12-8-7-11-25(26)19-30/h4-12,14-18H,2-3,13,20-21H2,1H3. The van der Waals surface area contributed by atoms with Gasteiger partial charge in [-0.2, -0.15) is 10.2 Å². The topological polar surface area (TPSA) is 67.9 Å². The number of unbranched alkanes of at least 4 members (excludes halogenated alkanes) is 1. The molecule has 0 aliphatic heterocycles. The van der Waals surface area contributed by atoms with Gasteiger partial charge in [0.1, 0.15) is 12.4 Å². The number of ether oxygens (including phenoxy) is 1. The van der Waals surface area contributed by atoms with E-state index in [0.717, 1.165) is 40.9 Å². The molecule has 4 rings (SSSR count). The summed E-state index contributed by atoms with van der Waals surface area (Å²) in [7, 11) is 0. The molecule has 3 aromatic carbocycles. The predicted octanol–water partition coefficient (Wildman–Crippen LogP) is 5.75. The molecular formula is C29H27N3O2. The van der Waals surface area contributed by atoms with Crippen LogP contribution in [0.2, 0.25) is 0 Å². The van der Waals surface area contributed by atoms with Crippen LogP contribution in [0.1, 0.15) is 42.3 Å². The molecule has 0 aliphatic carbocycles. The van der Waals surface area contributed by atoms with Crippen LogP contribution in [0, 0.1) is 11.3 Å². The minimum atomic E-state index is -0.122. The van der Waals surface area contributed by atoms with Crippen molar-refractivity contribution < 1.29 is 4.74 Å². The third-order valence-corrected chi connectivity index (χ3v) is 5.70. The van der Waals surface area contributed by atoms with Crippen LogP contribution >= 0.6 is 0 Å². The van der Waals surface area contributed by atoms with Crippen LogP contribution in [0.15, 0.2) is 89.7 Å². The lowest BCUT2D eigenvalue weighted by Gasteiger charge is -2.14. The number of hydrogen-bond donors (Lipinski definition) is 0. The van der Waals surface area contributed by atoms with Crippen LogP contribution in [-0.2, 0) is 19.6 Å². The summed E-state index contributed by atoms with van der Waals surface area (Å²) in [6.07, 6.45) is 2.67. The van der Waals surface area contributed by atoms with Gasteiger partial charge in [0.2, 0.25) is 5.88 Å². The first-order valence-electron chi connectivity index (χ1n) is 11.5. The highest BCUT2D eigenvalue weighted by Gasteiger charge is 2.11. The van der Waals surface area contributed by atoms with Gasteiger partial charge in [-0.1, -0.05) is 86.1 Å². The molecule has 0 radical (unpaired) electrons. The molecule has 0 aliphatic rings. The molecule has 170 valence electrons. The first-order valence-corrected chi connectivity index (χ1v) is 11.5. The van der Waals surface area contributed by atoms with Crippen molar-refractivity contribution in [3.63, 3.8) is 0 Å². The second-order valence-electron chi connectivity index (χ2n) is 8.17. The van der Waals surface area contributed by atoms with E-state index in [-0.39, 0.29) is 5.56 Å². The molecule has 0 bridgehead atoms. The lowest BCUT2D eigenvalue weighted by Crippen LogP contribution is -2.25. The Hall–Kier alpha value is -4.17. The van der Waals surface area contributed by atoms with Gasteiger partial charge in [-0.15, -0.1) is 0 Å². The normalized spacial score (nSPS) is 10.6. The van der Waals surface area contributed by atoms with Crippen molar-refractivity contribution >= 4 is 0 Å². The molecule has 4 aromatic rings. The maximum Gasteiger partial charge on any atom is 0.257 e. The van der Waals surface area contributed by atoms with Gasteiger partial charge in [0.25, 0.3) is 5.56 Å². The molecule has 1 aromatic heterocycles. The minimum absolute atomic E-state index is 0.122. The third kappa shape index (κ3) is 5.60. The van der Waals surface area contributed by atoms with Gasteiger partial charge >= 0.3 is 0 Å². The number of rotatable bonds is 9. The van der Waals surface area contributed by atoms with Gasteiger partial charge in [0, 0.05) is 6.42 Å². The van der Waals surface area contributed by atoms with E-state index in [4.69, 9.17) is 4.74 Å². The molecule has 1 heterocycles. The molecule has 0 N–H and O–H groups in total. The van der Waals surface area contributed by atoms with E-state index < -0.39 is 0 Å². The van der Waals surface area contributed by atoms with E-state index in [9.17, 15) is 10.1 Å². The molecule has 0 saturated carbocycles. The molecule has 34 heavy (non-hydrogen) atoms. The molecule has 5 heteroatoms. The first kappa shape index (κ1) is 23.0. The summed E-state index contributed by atoms with van der Waals surface area (Å²) in [6, 6.07) is 29.1. The van der Waals surface area contributed by atoms with E-state index in [0.29, 0.717) is 31.0 Å². The fourth-order valence-corrected chi connectivity index (χ4v) is 3.84. The summed E-state index contributed by atoms with van der Waals surface area (Å²) in [4.78, 5) is 17.7. The Morgan fingerprint density at radius 3 is 2.41 bits per heavy atom. The van der Waals surface area contributed by atoms with Crippen LogP contribution in [0.5, 0.6) is 5.88 Å². The molecule has 0 spiro atoms. The number of benzene rings is 3. The molecule has 0 fully saturated rings. The van der Waals surface area contributed by atoms with Crippen LogP contribution in [0.25, 0.3) is 11.1 Å². The number of aromatic nitrogens is 2. The molecule has 0 unspecified atom stereocenters. The zero-order valence-electron chi connectivity index (χ0n) is 19.3. The van der Waals surface area contributed by atoms with E-state index in [1.54, 1.807) is 4.57 Å². The number of hydrogen-bond acceptors (Lipinski definition) is 4. The highest BCUT2D eigenvalue weighted by atomic mass is 16.5. The summed E-state index contributed by atoms with van der Waals surface area (Å²) < 4.78 is 7.56. The lowest BCUT2D eigenvalue weighted by molar-refractivity contribution is 0.290. The van der Waals surface area contributed by atoms with Crippen molar-refractivity contribution in [2.45, 2.75) is 39.3 Å². The Morgan fingerprint density at radius 2 is 1.68 bits per heavy atom. The fraction of sp³-hybridized carbons (Fsp3) is 0.207. The van der Waals surface area contributed by atoms with Gasteiger partial charge < -0.3 is 4.74 Å². The molecule has 0 saturated heterocycles. The average molecular weight is 450 g/mol. The van der Waals surface area contributed by atoms with Gasteiger partial charge in [0.05, 0.1) is 24.2 Å². The zero-order chi connectivity index (χ0) is 23.8. The minimum Gasteiger partial charge on any atom is -0.473 e. The largest absolute Gasteiger partial charge is 0.473 e. The van der Waals surface area contributed by atoms with Gasteiger partial charge in [-0.3, -0.25) is 9.36 Å². The lowest BCUT2D eigenvalue weighted by atomic mass is 9.99. The van der Waals surface area contributed by atoms with Gasteiger partial charge in [0.15, 0.2) is 0 Å². The van der Waals surface area contributed by atoms with E-state index >= 15 is 0 Å². The third-order valence-electron chi connectivity index (χ3n) is 5.70. The summed E-state index contributed by atoms with van der Waals surface area (Å²) in [5.41, 5.74) is 4.42. The van der Waals surface area contributed by atoms with Crippen LogP contribution in [0.3, 0.4) is 0 Å². The average Bonchev–Trinajstić information content (AvgIpc) is 2.89. The zero-order valence-corrected chi connectivity index (χ0v) is 19.3. The van der Waals surface area contributed by atoms with E-state index in [1.807, 2.05) is 78.9 Å². The van der Waals surface area contributed by atoms with E-state index in [2.05, 4.69) is 18.0 Å². The first-order chi connectivity index (χ1) is 16.7. The van der Waals surface area contributed by atoms with Crippen molar-refractivity contribution in [2.75, 3.05) is 0 Å². The van der Waals surface area contributed by atoms with Crippen LogP contribution in [-0.4, -0.2) is 9.55 Å². The highest BCUT2D eigenvalue weighted by Crippen LogP contribution is 2.24. The number of aryl methyl sites for hydroxylation is 1. The Morgan fingerprint density at radius 1 is 0.941 bits per heavy atom. The summed E-state index contributed by atoms with van der Waals surface area (Å²) in [6.45, 7) is 2.93. The monoisotopic (exact) mass is 449 g/mol. The van der Waals surface area contributed by atoms with Gasteiger partial charge in [-0.25, -0.2) is 0 Å².